The van der Waals surface area contributed by atoms with Crippen molar-refractivity contribution in [1.82, 2.24) is 14.9 Å². The summed E-state index contributed by atoms with van der Waals surface area (Å²) in [7, 11) is 2.80. The van der Waals surface area contributed by atoms with E-state index < -0.39 is 41.0 Å². The number of amides is 1. The molecule has 1 atom stereocenters. The Balaban J connectivity index is 2.15. The third kappa shape index (κ3) is 6.43. The predicted molar refractivity (Wildman–Crippen MR) is 121 cm³/mol. The predicted octanol–water partition coefficient (Wildman–Crippen LogP) is 6.59. The van der Waals surface area contributed by atoms with Gasteiger partial charge in [-0.25, -0.2) is 4.98 Å². The minimum absolute atomic E-state index is 0.0432. The molecule has 0 bridgehead atoms. The SMILES string of the molecule is COc1ccc(CN(C(=O)c2cc(C(F)(F)F)cc(C(F)(F)F)c2)C(C)c2nccnc2Cl)cc1OC. The van der Waals surface area contributed by atoms with Crippen molar-refractivity contribution < 1.29 is 40.6 Å². The van der Waals surface area contributed by atoms with E-state index >= 15 is 0 Å². The first-order valence-electron chi connectivity index (χ1n) is 10.5. The van der Waals surface area contributed by atoms with E-state index in [1.807, 2.05) is 0 Å². The Kier molecular flexibility index (Phi) is 8.21. The molecule has 1 unspecified atom stereocenters. The third-order valence-corrected chi connectivity index (χ3v) is 5.73. The first kappa shape index (κ1) is 28.0. The first-order chi connectivity index (χ1) is 17.3. The van der Waals surface area contributed by atoms with Crippen LogP contribution in [0.4, 0.5) is 26.3 Å². The van der Waals surface area contributed by atoms with E-state index in [2.05, 4.69) is 9.97 Å². The van der Waals surface area contributed by atoms with Gasteiger partial charge in [-0.15, -0.1) is 0 Å². The molecule has 0 aliphatic carbocycles. The number of methoxy groups -OCH3 is 2. The zero-order chi connectivity index (χ0) is 27.5. The first-order valence-corrected chi connectivity index (χ1v) is 10.9. The molecule has 0 aliphatic rings. The van der Waals surface area contributed by atoms with Gasteiger partial charge in [0.25, 0.3) is 5.91 Å². The topological polar surface area (TPSA) is 64.5 Å². The van der Waals surface area contributed by atoms with Crippen LogP contribution in [0, 0.1) is 0 Å². The number of aromatic nitrogens is 2. The second-order valence-corrected chi connectivity index (χ2v) is 8.18. The molecule has 0 aliphatic heterocycles. The minimum Gasteiger partial charge on any atom is -0.493 e. The lowest BCUT2D eigenvalue weighted by molar-refractivity contribution is -0.143. The van der Waals surface area contributed by atoms with Crippen molar-refractivity contribution in [2.24, 2.45) is 0 Å². The summed E-state index contributed by atoms with van der Waals surface area (Å²) in [5.74, 6) is -0.432. The summed E-state index contributed by atoms with van der Waals surface area (Å²) < 4.78 is 91.0. The molecule has 0 fully saturated rings. The Morgan fingerprint density at radius 2 is 1.49 bits per heavy atom. The lowest BCUT2D eigenvalue weighted by Gasteiger charge is -2.30. The molecule has 0 N–H and O–H groups in total. The number of carbonyl (C=O) groups excluding carboxylic acids is 1. The molecule has 6 nitrogen and oxygen atoms in total. The quantitative estimate of drug-likeness (QED) is 0.312. The fourth-order valence-corrected chi connectivity index (χ4v) is 3.83. The fraction of sp³-hybridized carbons (Fsp3) is 0.292. The van der Waals surface area contributed by atoms with Crippen molar-refractivity contribution >= 4 is 17.5 Å². The van der Waals surface area contributed by atoms with Gasteiger partial charge in [0.1, 0.15) is 0 Å². The van der Waals surface area contributed by atoms with Gasteiger partial charge < -0.3 is 14.4 Å². The molecule has 1 aromatic heterocycles. The van der Waals surface area contributed by atoms with Gasteiger partial charge in [-0.05, 0) is 42.8 Å². The van der Waals surface area contributed by atoms with E-state index in [-0.39, 0.29) is 23.5 Å². The van der Waals surface area contributed by atoms with Crippen molar-refractivity contribution in [3.05, 3.63) is 81.9 Å². The van der Waals surface area contributed by atoms with Gasteiger partial charge in [-0.3, -0.25) is 9.78 Å². The minimum atomic E-state index is -5.12. The highest BCUT2D eigenvalue weighted by Gasteiger charge is 2.38. The Morgan fingerprint density at radius 3 is 2.00 bits per heavy atom. The highest BCUT2D eigenvalue weighted by molar-refractivity contribution is 6.30. The number of ether oxygens (including phenoxy) is 2. The zero-order valence-electron chi connectivity index (χ0n) is 19.6. The number of benzene rings is 2. The van der Waals surface area contributed by atoms with E-state index in [0.717, 1.165) is 4.90 Å². The molecule has 0 radical (unpaired) electrons. The van der Waals surface area contributed by atoms with E-state index in [4.69, 9.17) is 21.1 Å². The molecule has 0 spiro atoms. The smallest absolute Gasteiger partial charge is 0.416 e. The lowest BCUT2D eigenvalue weighted by atomic mass is 10.0. The van der Waals surface area contributed by atoms with E-state index in [1.165, 1.54) is 39.6 Å². The van der Waals surface area contributed by atoms with Crippen LogP contribution in [0.5, 0.6) is 11.5 Å². The van der Waals surface area contributed by atoms with Gasteiger partial charge in [0.05, 0.1) is 37.1 Å². The van der Waals surface area contributed by atoms with Gasteiger partial charge in [-0.1, -0.05) is 17.7 Å². The van der Waals surface area contributed by atoms with Crippen molar-refractivity contribution in [3.63, 3.8) is 0 Å². The third-order valence-electron chi connectivity index (χ3n) is 5.44. The van der Waals surface area contributed by atoms with Crippen LogP contribution in [-0.4, -0.2) is 35.0 Å². The van der Waals surface area contributed by atoms with E-state index in [1.54, 1.807) is 12.1 Å². The van der Waals surface area contributed by atoms with Gasteiger partial charge >= 0.3 is 12.4 Å². The highest BCUT2D eigenvalue weighted by atomic mass is 35.5. The van der Waals surface area contributed by atoms with Crippen molar-refractivity contribution in [2.75, 3.05) is 14.2 Å². The van der Waals surface area contributed by atoms with Gasteiger partial charge in [0.2, 0.25) is 0 Å². The van der Waals surface area contributed by atoms with Crippen LogP contribution < -0.4 is 9.47 Å². The molecular formula is C24H20ClF6N3O3. The van der Waals surface area contributed by atoms with Gasteiger partial charge in [-0.2, -0.15) is 26.3 Å². The van der Waals surface area contributed by atoms with Crippen LogP contribution in [0.2, 0.25) is 5.15 Å². The fourth-order valence-electron chi connectivity index (χ4n) is 3.56. The highest BCUT2D eigenvalue weighted by Crippen LogP contribution is 2.38. The molecule has 198 valence electrons. The van der Waals surface area contributed by atoms with Crippen LogP contribution in [0.1, 0.15) is 45.7 Å². The van der Waals surface area contributed by atoms with E-state index in [9.17, 15) is 31.1 Å². The monoisotopic (exact) mass is 547 g/mol. The van der Waals surface area contributed by atoms with Crippen LogP contribution in [0.15, 0.2) is 48.8 Å². The Hall–Kier alpha value is -3.54. The second-order valence-electron chi connectivity index (χ2n) is 7.83. The van der Waals surface area contributed by atoms with Crippen LogP contribution in [0.3, 0.4) is 0 Å². The van der Waals surface area contributed by atoms with E-state index in [0.29, 0.717) is 29.2 Å². The largest absolute Gasteiger partial charge is 0.493 e. The summed E-state index contributed by atoms with van der Waals surface area (Å²) in [5.41, 5.74) is -3.49. The average Bonchev–Trinajstić information content (AvgIpc) is 2.85. The molecule has 13 heteroatoms. The molecule has 1 amide bonds. The Bertz CT molecular complexity index is 1250. The zero-order valence-corrected chi connectivity index (χ0v) is 20.4. The summed E-state index contributed by atoms with van der Waals surface area (Å²) in [5, 5.41) is -0.0832. The molecule has 0 saturated carbocycles. The number of hydrogen-bond donors (Lipinski definition) is 0. The van der Waals surface area contributed by atoms with Crippen molar-refractivity contribution in [1.29, 1.82) is 0 Å². The summed E-state index contributed by atoms with van der Waals surface area (Å²) in [6.07, 6.45) is -7.65. The summed E-state index contributed by atoms with van der Waals surface area (Å²) in [6.45, 7) is 1.23. The van der Waals surface area contributed by atoms with Crippen molar-refractivity contribution in [3.8, 4) is 11.5 Å². The number of alkyl halides is 6. The summed E-state index contributed by atoms with van der Waals surface area (Å²) in [4.78, 5) is 22.6. The molecular weight excluding hydrogens is 528 g/mol. The van der Waals surface area contributed by atoms with Crippen LogP contribution >= 0.6 is 11.6 Å². The molecule has 3 rings (SSSR count). The second kappa shape index (κ2) is 10.8. The number of rotatable bonds is 7. The molecule has 2 aromatic carbocycles. The molecule has 0 saturated heterocycles. The van der Waals surface area contributed by atoms with Crippen LogP contribution in [0.25, 0.3) is 0 Å². The average molecular weight is 548 g/mol. The Morgan fingerprint density at radius 1 is 0.919 bits per heavy atom. The molecule has 1 heterocycles. The summed E-state index contributed by atoms with van der Waals surface area (Å²) in [6, 6.07) is 4.36. The molecule has 3 aromatic rings. The number of nitrogens with zero attached hydrogens (tertiary/aromatic N) is 3. The van der Waals surface area contributed by atoms with Crippen LogP contribution in [-0.2, 0) is 18.9 Å². The number of hydrogen-bond acceptors (Lipinski definition) is 5. The maximum atomic E-state index is 13.6. The van der Waals surface area contributed by atoms with Gasteiger partial charge in [0.15, 0.2) is 16.7 Å². The normalized spacial score (nSPS) is 12.7. The lowest BCUT2D eigenvalue weighted by Crippen LogP contribution is -2.34. The summed E-state index contributed by atoms with van der Waals surface area (Å²) >= 11 is 6.13. The molecule has 37 heavy (non-hydrogen) atoms. The maximum absolute atomic E-state index is 13.6. The van der Waals surface area contributed by atoms with Crippen molar-refractivity contribution in [2.45, 2.75) is 31.9 Å². The standard InChI is InChI=1S/C24H20ClF6N3O3/c1-13(20-21(25)33-7-6-32-20)34(12-14-4-5-18(36-2)19(8-14)37-3)22(35)15-9-16(23(26,27)28)11-17(10-15)24(29,30)31/h4-11,13H,12H2,1-3H3. The maximum Gasteiger partial charge on any atom is 0.416 e. The van der Waals surface area contributed by atoms with Gasteiger partial charge in [0, 0.05) is 24.5 Å². The number of carbonyl (C=O) groups is 1. The number of halogens is 7. The Labute approximate surface area is 212 Å².